The lowest BCUT2D eigenvalue weighted by Gasteiger charge is -2.22. The smallest absolute Gasteiger partial charge is 0.221 e. The maximum absolute atomic E-state index is 13.0. The largest absolute Gasteiger partial charge is 0.508 e. The second kappa shape index (κ2) is 7.39. The molecular weight excluding hydrogens is 350 g/mol. The van der Waals surface area contributed by atoms with Crippen molar-refractivity contribution in [2.75, 3.05) is 0 Å². The Kier molecular flexibility index (Phi) is 4.78. The highest BCUT2D eigenvalue weighted by atomic mass is 16.3. The van der Waals surface area contributed by atoms with Crippen LogP contribution in [0.3, 0.4) is 0 Å². The second-order valence-electron chi connectivity index (χ2n) is 7.41. The summed E-state index contributed by atoms with van der Waals surface area (Å²) in [5.74, 6) is -0.132. The van der Waals surface area contributed by atoms with Gasteiger partial charge in [0.1, 0.15) is 11.5 Å². The van der Waals surface area contributed by atoms with Gasteiger partial charge in [-0.2, -0.15) is 0 Å². The van der Waals surface area contributed by atoms with E-state index in [2.05, 4.69) is 5.32 Å². The molecule has 4 rings (SSSR count). The first-order valence-electron chi connectivity index (χ1n) is 9.51. The molecule has 3 N–H and O–H groups in total. The van der Waals surface area contributed by atoms with Crippen molar-refractivity contribution in [3.63, 3.8) is 0 Å². The van der Waals surface area contributed by atoms with Crippen molar-refractivity contribution in [3.05, 3.63) is 95.6 Å². The molecule has 1 fully saturated rings. The normalized spacial score (nSPS) is 15.6. The number of phenolic OH excluding ortho intramolecular Hbond substituents is 2. The Morgan fingerprint density at radius 3 is 2.32 bits per heavy atom. The van der Waals surface area contributed by atoms with Crippen molar-refractivity contribution >= 4 is 5.91 Å². The van der Waals surface area contributed by atoms with Crippen LogP contribution in [0, 0.1) is 0 Å². The van der Waals surface area contributed by atoms with Gasteiger partial charge < -0.3 is 15.5 Å². The van der Waals surface area contributed by atoms with E-state index in [1.807, 2.05) is 48.5 Å². The van der Waals surface area contributed by atoms with Gasteiger partial charge in [0.25, 0.3) is 0 Å². The Morgan fingerprint density at radius 1 is 0.929 bits per heavy atom. The highest BCUT2D eigenvalue weighted by Gasteiger charge is 2.45. The predicted octanol–water partition coefficient (Wildman–Crippen LogP) is 4.43. The van der Waals surface area contributed by atoms with Crippen molar-refractivity contribution in [2.24, 2.45) is 0 Å². The number of carbonyl (C=O) groups excluding carboxylic acids is 1. The van der Waals surface area contributed by atoms with Gasteiger partial charge >= 0.3 is 0 Å². The van der Waals surface area contributed by atoms with Gasteiger partial charge in [0.15, 0.2) is 0 Å². The predicted molar refractivity (Wildman–Crippen MR) is 108 cm³/mol. The number of carbonyl (C=O) groups is 1. The lowest BCUT2D eigenvalue weighted by atomic mass is 9.87. The fourth-order valence-corrected chi connectivity index (χ4v) is 3.80. The summed E-state index contributed by atoms with van der Waals surface area (Å²) < 4.78 is 0. The molecule has 0 heterocycles. The number of hydrogen-bond acceptors (Lipinski definition) is 3. The number of para-hydroxylation sites is 1. The number of hydrogen-bond donors (Lipinski definition) is 3. The Labute approximate surface area is 164 Å². The van der Waals surface area contributed by atoms with Gasteiger partial charge in [-0.1, -0.05) is 60.7 Å². The van der Waals surface area contributed by atoms with Crippen LogP contribution >= 0.6 is 0 Å². The van der Waals surface area contributed by atoms with Crippen molar-refractivity contribution < 1.29 is 15.0 Å². The fourth-order valence-electron chi connectivity index (χ4n) is 3.80. The van der Waals surface area contributed by atoms with E-state index in [1.165, 1.54) is 0 Å². The summed E-state index contributed by atoms with van der Waals surface area (Å²) in [4.78, 5) is 13.0. The van der Waals surface area contributed by atoms with Crippen LogP contribution in [0.15, 0.2) is 78.9 Å². The lowest BCUT2D eigenvalue weighted by Crippen LogP contribution is -2.35. The number of aromatic hydroxyl groups is 2. The van der Waals surface area contributed by atoms with E-state index < -0.39 is 0 Å². The molecule has 0 spiro atoms. The van der Waals surface area contributed by atoms with Crippen LogP contribution in [0.25, 0.3) is 0 Å². The lowest BCUT2D eigenvalue weighted by molar-refractivity contribution is -0.122. The van der Waals surface area contributed by atoms with E-state index in [-0.39, 0.29) is 35.3 Å². The number of rotatable bonds is 6. The molecule has 3 aromatic carbocycles. The van der Waals surface area contributed by atoms with Gasteiger partial charge in [-0.25, -0.2) is 0 Å². The fraction of sp³-hybridized carbons (Fsp3) is 0.208. The quantitative estimate of drug-likeness (QED) is 0.599. The van der Waals surface area contributed by atoms with Crippen LogP contribution in [0.1, 0.15) is 41.9 Å². The van der Waals surface area contributed by atoms with Crippen molar-refractivity contribution in [1.82, 2.24) is 5.32 Å². The van der Waals surface area contributed by atoms with E-state index in [1.54, 1.807) is 30.3 Å². The molecule has 4 nitrogen and oxygen atoms in total. The average molecular weight is 373 g/mol. The minimum atomic E-state index is -0.347. The maximum atomic E-state index is 13.0. The first-order valence-corrected chi connectivity index (χ1v) is 9.51. The first kappa shape index (κ1) is 18.1. The molecular formula is C24H23NO3. The van der Waals surface area contributed by atoms with Gasteiger partial charge in [-0.15, -0.1) is 0 Å². The Hall–Kier alpha value is -3.27. The first-order chi connectivity index (χ1) is 13.6. The van der Waals surface area contributed by atoms with Crippen LogP contribution in [0.5, 0.6) is 11.5 Å². The standard InChI is InChI=1S/C24H23NO3/c26-19-10-6-7-17(15-19)21(20-11-4-5-12-22(20)27)16-23(28)25-24(13-14-24)18-8-2-1-3-9-18/h1-12,15,21,26-27H,13-14,16H2,(H,25,28)/t21-/m0/s1. The molecule has 0 aliphatic heterocycles. The number of benzene rings is 3. The molecule has 0 bridgehead atoms. The molecule has 3 aromatic rings. The number of nitrogens with one attached hydrogen (secondary N) is 1. The number of amides is 1. The zero-order valence-electron chi connectivity index (χ0n) is 15.5. The molecule has 0 aromatic heterocycles. The minimum absolute atomic E-state index is 0.0713. The molecule has 1 aliphatic carbocycles. The third-order valence-corrected chi connectivity index (χ3v) is 5.43. The molecule has 1 atom stereocenters. The van der Waals surface area contributed by atoms with Gasteiger partial charge in [0, 0.05) is 17.9 Å². The Bertz CT molecular complexity index is 980. The van der Waals surface area contributed by atoms with Crippen molar-refractivity contribution in [1.29, 1.82) is 0 Å². The maximum Gasteiger partial charge on any atom is 0.221 e. The van der Waals surface area contributed by atoms with Crippen LogP contribution in [-0.4, -0.2) is 16.1 Å². The van der Waals surface area contributed by atoms with Gasteiger partial charge in [-0.3, -0.25) is 4.79 Å². The molecule has 0 unspecified atom stereocenters. The summed E-state index contributed by atoms with van der Waals surface area (Å²) >= 11 is 0. The van der Waals surface area contributed by atoms with E-state index >= 15 is 0 Å². The molecule has 1 aliphatic rings. The van der Waals surface area contributed by atoms with Crippen molar-refractivity contribution in [3.8, 4) is 11.5 Å². The summed E-state index contributed by atoms with van der Waals surface area (Å²) in [6.45, 7) is 0. The van der Waals surface area contributed by atoms with Crippen LogP contribution in [0.2, 0.25) is 0 Å². The molecule has 142 valence electrons. The highest BCUT2D eigenvalue weighted by Crippen LogP contribution is 2.46. The van der Waals surface area contributed by atoms with Gasteiger partial charge in [-0.05, 0) is 42.2 Å². The Balaban J connectivity index is 1.60. The summed E-state index contributed by atoms with van der Waals surface area (Å²) in [6, 6.07) is 23.9. The van der Waals surface area contributed by atoms with Gasteiger partial charge in [0.2, 0.25) is 5.91 Å². The monoisotopic (exact) mass is 373 g/mol. The molecule has 0 saturated heterocycles. The summed E-state index contributed by atoms with van der Waals surface area (Å²) in [7, 11) is 0. The van der Waals surface area contributed by atoms with Gasteiger partial charge in [0.05, 0.1) is 5.54 Å². The third-order valence-electron chi connectivity index (χ3n) is 5.43. The minimum Gasteiger partial charge on any atom is -0.508 e. The van der Waals surface area contributed by atoms with E-state index in [0.717, 1.165) is 24.0 Å². The van der Waals surface area contributed by atoms with Crippen molar-refractivity contribution in [2.45, 2.75) is 30.7 Å². The molecule has 28 heavy (non-hydrogen) atoms. The second-order valence-corrected chi connectivity index (χ2v) is 7.41. The van der Waals surface area contributed by atoms with E-state index in [0.29, 0.717) is 5.56 Å². The van der Waals surface area contributed by atoms with E-state index in [9.17, 15) is 15.0 Å². The average Bonchev–Trinajstić information content (AvgIpc) is 3.48. The van der Waals surface area contributed by atoms with Crippen LogP contribution in [0.4, 0.5) is 0 Å². The SMILES string of the molecule is O=C(C[C@@H](c1cccc(O)c1)c1ccccc1O)NC1(c2ccccc2)CC1. The number of phenols is 2. The third kappa shape index (κ3) is 3.72. The molecule has 1 amide bonds. The highest BCUT2D eigenvalue weighted by molar-refractivity contribution is 5.79. The van der Waals surface area contributed by atoms with E-state index in [4.69, 9.17) is 0 Å². The summed E-state index contributed by atoms with van der Waals surface area (Å²) in [6.07, 6.45) is 2.04. The molecule has 4 heteroatoms. The molecule has 0 radical (unpaired) electrons. The summed E-state index contributed by atoms with van der Waals surface area (Å²) in [5.41, 5.74) is 2.31. The Morgan fingerprint density at radius 2 is 1.64 bits per heavy atom. The zero-order valence-corrected chi connectivity index (χ0v) is 15.5. The topological polar surface area (TPSA) is 69.6 Å². The zero-order chi connectivity index (χ0) is 19.6. The summed E-state index contributed by atoms with van der Waals surface area (Å²) in [5, 5.41) is 23.5. The molecule has 1 saturated carbocycles. The van der Waals surface area contributed by atoms with Crippen LogP contribution < -0.4 is 5.32 Å². The van der Waals surface area contributed by atoms with Crippen LogP contribution in [-0.2, 0) is 10.3 Å².